The molecule has 1 aliphatic heterocycles. The normalized spacial score (nSPS) is 19.5. The van der Waals surface area contributed by atoms with Crippen LogP contribution >= 0.6 is 0 Å². The first-order chi connectivity index (χ1) is 16.6. The number of aromatic nitrogens is 2. The molecule has 1 fully saturated rings. The van der Waals surface area contributed by atoms with Crippen LogP contribution in [0.3, 0.4) is 0 Å². The maximum absolute atomic E-state index is 13.7. The van der Waals surface area contributed by atoms with Gasteiger partial charge in [-0.05, 0) is 44.7 Å². The molecule has 0 bridgehead atoms. The first-order valence-corrected chi connectivity index (χ1v) is 12.1. The summed E-state index contributed by atoms with van der Waals surface area (Å²) in [5, 5.41) is 9.98. The molecule has 180 valence electrons. The second-order valence-electron chi connectivity index (χ2n) is 9.30. The van der Waals surface area contributed by atoms with Crippen molar-refractivity contribution < 1.29 is 23.4 Å². The van der Waals surface area contributed by atoms with Crippen molar-refractivity contribution in [3.8, 4) is 5.75 Å². The zero-order chi connectivity index (χ0) is 25.0. The van der Waals surface area contributed by atoms with Gasteiger partial charge in [0.2, 0.25) is 16.3 Å². The Bertz CT molecular complexity index is 1400. The van der Waals surface area contributed by atoms with Crippen LogP contribution in [-0.4, -0.2) is 49.6 Å². The summed E-state index contributed by atoms with van der Waals surface area (Å²) in [6, 6.07) is 6.96. The van der Waals surface area contributed by atoms with E-state index in [9.17, 15) is 23.5 Å². The first-order valence-electron chi connectivity index (χ1n) is 11.5. The fraction of sp³-hybridized carbons (Fsp3) is 0.400. The van der Waals surface area contributed by atoms with E-state index in [0.717, 1.165) is 23.2 Å². The summed E-state index contributed by atoms with van der Waals surface area (Å²) >= 11 is 2.30. The molecular formula is C25H24AlF2N3O4. The Balaban J connectivity index is 1.65. The quantitative estimate of drug-likeness (QED) is 0.547. The number of alkyl halides is 2. The van der Waals surface area contributed by atoms with Crippen LogP contribution in [0, 0.1) is 12.8 Å². The minimum Gasteiger partial charge on any atom is -0.490 e. The fourth-order valence-corrected chi connectivity index (χ4v) is 5.33. The lowest BCUT2D eigenvalue weighted by molar-refractivity contribution is -0.147. The molecular weight excluding hydrogens is 471 g/mol. The second-order valence-corrected chi connectivity index (χ2v) is 9.84. The third-order valence-corrected chi connectivity index (χ3v) is 7.43. The van der Waals surface area contributed by atoms with Gasteiger partial charge in [0.25, 0.3) is 12.0 Å². The van der Waals surface area contributed by atoms with Crippen molar-refractivity contribution in [3.63, 3.8) is 0 Å². The largest absolute Gasteiger partial charge is 0.490 e. The van der Waals surface area contributed by atoms with Crippen LogP contribution in [0.4, 0.5) is 20.2 Å². The molecule has 0 unspecified atom stereocenters. The molecule has 3 aromatic rings. The monoisotopic (exact) mass is 495 g/mol. The van der Waals surface area contributed by atoms with Gasteiger partial charge in [-0.2, -0.15) is 0 Å². The van der Waals surface area contributed by atoms with Crippen LogP contribution < -0.4 is 19.8 Å². The number of ether oxygens (including phenoxy) is 1. The molecule has 1 N–H and O–H groups in total. The van der Waals surface area contributed by atoms with Crippen molar-refractivity contribution in [3.05, 3.63) is 51.4 Å². The van der Waals surface area contributed by atoms with Gasteiger partial charge in [0.1, 0.15) is 11.9 Å². The van der Waals surface area contributed by atoms with Crippen LogP contribution in [0.1, 0.15) is 42.5 Å². The topological polar surface area (TPSA) is 84.7 Å². The van der Waals surface area contributed by atoms with Gasteiger partial charge in [0.05, 0.1) is 28.5 Å². The van der Waals surface area contributed by atoms with Gasteiger partial charge in [0, 0.05) is 42.2 Å². The number of carbonyl (C=O) groups is 1. The van der Waals surface area contributed by atoms with E-state index >= 15 is 0 Å². The van der Waals surface area contributed by atoms with Crippen LogP contribution in [-0.2, 0) is 18.3 Å². The first kappa shape index (κ1) is 23.8. The third-order valence-electron chi connectivity index (χ3n) is 6.97. The van der Waals surface area contributed by atoms with E-state index in [4.69, 9.17) is 4.74 Å². The van der Waals surface area contributed by atoms with E-state index in [1.807, 2.05) is 17.0 Å². The average Bonchev–Trinajstić information content (AvgIpc) is 2.78. The predicted octanol–water partition coefficient (Wildman–Crippen LogP) is 3.30. The summed E-state index contributed by atoms with van der Waals surface area (Å²) < 4.78 is 35.3. The van der Waals surface area contributed by atoms with Crippen LogP contribution in [0.5, 0.6) is 5.75 Å². The standard InChI is InChI=1S/C25H24F2N3O4.Al/c1-13-6-18-20(29(2)24(13)31)10-17(34-16-7-14(8-16)25(32)33)11-21(18)30-5-3-4-19-22(30)9-15(12-28-19)23(26)27;/h6,9-11,14,16,23H,3-5,7-8H2,1-2H3,(H,32,33);. The summed E-state index contributed by atoms with van der Waals surface area (Å²) in [5.41, 5.74) is 3.07. The van der Waals surface area contributed by atoms with E-state index in [1.165, 1.54) is 6.07 Å². The van der Waals surface area contributed by atoms with Gasteiger partial charge in [-0.1, -0.05) is 4.56 Å². The van der Waals surface area contributed by atoms with E-state index < -0.39 is 18.3 Å². The van der Waals surface area contributed by atoms with Gasteiger partial charge >= 0.3 is 5.97 Å². The Hall–Kier alpha value is -2.96. The molecule has 2 radical (unpaired) electrons. The van der Waals surface area contributed by atoms with E-state index in [0.29, 0.717) is 48.3 Å². The zero-order valence-electron chi connectivity index (χ0n) is 19.4. The SMILES string of the molecule is Cc1cc2c(N3CCCc4n[c]([Al])c(C(F)F)cc43)cc(OC3CC(C(=O)O)C3)cc2n(C)c1=O. The van der Waals surface area contributed by atoms with Crippen molar-refractivity contribution in [2.45, 2.75) is 45.1 Å². The number of pyridine rings is 2. The smallest absolute Gasteiger partial charge is 0.306 e. The Morgan fingerprint density at radius 1 is 1.23 bits per heavy atom. The highest BCUT2D eigenvalue weighted by Gasteiger charge is 2.36. The Morgan fingerprint density at radius 2 is 1.97 bits per heavy atom. The Kier molecular flexibility index (Phi) is 6.06. The Morgan fingerprint density at radius 3 is 2.66 bits per heavy atom. The zero-order valence-corrected chi connectivity index (χ0v) is 20.6. The molecule has 5 rings (SSSR count). The molecule has 0 saturated heterocycles. The van der Waals surface area contributed by atoms with Crippen LogP contribution in [0.2, 0.25) is 0 Å². The molecule has 0 spiro atoms. The number of rotatable bonds is 5. The number of carboxylic acid groups (broad SMARTS) is 1. The van der Waals surface area contributed by atoms with Crippen LogP contribution in [0.25, 0.3) is 10.9 Å². The molecule has 0 amide bonds. The molecule has 2 aromatic heterocycles. The predicted molar refractivity (Wildman–Crippen MR) is 129 cm³/mol. The van der Waals surface area contributed by atoms with Crippen molar-refractivity contribution in [1.82, 2.24) is 9.55 Å². The molecule has 1 aliphatic carbocycles. The third kappa shape index (κ3) is 4.19. The number of hydrogen-bond acceptors (Lipinski definition) is 5. The summed E-state index contributed by atoms with van der Waals surface area (Å²) in [6.07, 6.45) is -0.579. The molecule has 35 heavy (non-hydrogen) atoms. The highest BCUT2D eigenvalue weighted by Crippen LogP contribution is 2.41. The number of carboxylic acids is 1. The lowest BCUT2D eigenvalue weighted by atomic mass is 9.82. The van der Waals surface area contributed by atoms with E-state index in [1.54, 1.807) is 24.6 Å². The molecule has 1 saturated carbocycles. The minimum absolute atomic E-state index is 0.130. The number of hydrogen-bond donors (Lipinski definition) is 1. The lowest BCUT2D eigenvalue weighted by Gasteiger charge is -2.35. The van der Waals surface area contributed by atoms with E-state index in [-0.39, 0.29) is 21.8 Å². The average molecular weight is 495 g/mol. The van der Waals surface area contributed by atoms with Crippen molar-refractivity contribution >= 4 is 49.1 Å². The summed E-state index contributed by atoms with van der Waals surface area (Å²) in [7, 11) is 1.69. The van der Waals surface area contributed by atoms with Crippen molar-refractivity contribution in [2.75, 3.05) is 11.4 Å². The molecule has 1 aromatic carbocycles. The van der Waals surface area contributed by atoms with Gasteiger partial charge in [0.15, 0.2) is 0 Å². The van der Waals surface area contributed by atoms with Gasteiger partial charge in [-0.3, -0.25) is 14.6 Å². The molecule has 3 heterocycles. The van der Waals surface area contributed by atoms with E-state index in [2.05, 4.69) is 21.3 Å². The van der Waals surface area contributed by atoms with Crippen LogP contribution in [0.15, 0.2) is 29.1 Å². The number of aliphatic carboxylic acids is 1. The number of halogens is 2. The number of nitrogens with zero attached hydrogens (tertiary/aromatic N) is 3. The number of anilines is 2. The number of benzene rings is 1. The fourth-order valence-electron chi connectivity index (χ4n) is 4.96. The highest BCUT2D eigenvalue weighted by atomic mass is 27.0. The minimum atomic E-state index is -2.65. The maximum atomic E-state index is 13.7. The molecule has 7 nitrogen and oxygen atoms in total. The molecule has 10 heteroatoms. The number of fused-ring (bicyclic) bond motifs is 2. The van der Waals surface area contributed by atoms with Crippen molar-refractivity contribution in [2.24, 2.45) is 13.0 Å². The highest BCUT2D eigenvalue weighted by molar-refractivity contribution is 6.31. The van der Waals surface area contributed by atoms with Gasteiger partial charge in [-0.25, -0.2) is 8.78 Å². The summed E-state index contributed by atoms with van der Waals surface area (Å²) in [4.78, 5) is 30.3. The molecule has 0 atom stereocenters. The summed E-state index contributed by atoms with van der Waals surface area (Å²) in [5.74, 6) is -0.736. The lowest BCUT2D eigenvalue weighted by Crippen LogP contribution is -2.38. The van der Waals surface area contributed by atoms with Gasteiger partial charge in [-0.15, -0.1) is 0 Å². The van der Waals surface area contributed by atoms with Crippen molar-refractivity contribution in [1.29, 1.82) is 0 Å². The Labute approximate surface area is 208 Å². The summed E-state index contributed by atoms with van der Waals surface area (Å²) in [6.45, 7) is 2.34. The second kappa shape index (κ2) is 8.92. The maximum Gasteiger partial charge on any atom is 0.306 e. The van der Waals surface area contributed by atoms with Gasteiger partial charge < -0.3 is 19.3 Å². The number of aryl methyl sites for hydroxylation is 3. The molecule has 2 aliphatic rings.